The van der Waals surface area contributed by atoms with Crippen molar-refractivity contribution in [3.05, 3.63) is 60.2 Å². The van der Waals surface area contributed by atoms with Crippen molar-refractivity contribution in [3.63, 3.8) is 0 Å². The van der Waals surface area contributed by atoms with Crippen LogP contribution in [-0.4, -0.2) is 14.9 Å². The molecular weight excluding hydrogens is 248 g/mol. The lowest BCUT2D eigenvalue weighted by atomic mass is 9.98. The molecule has 1 aliphatic heterocycles. The van der Waals surface area contributed by atoms with Gasteiger partial charge in [-0.15, -0.1) is 0 Å². The van der Waals surface area contributed by atoms with Gasteiger partial charge in [0, 0.05) is 17.7 Å². The largest absolute Gasteiger partial charge is 0.508 e. The Bertz CT molecular complexity index is 789. The smallest absolute Gasteiger partial charge is 0.116 e. The Kier molecular flexibility index (Phi) is 2.39. The lowest BCUT2D eigenvalue weighted by Gasteiger charge is -2.17. The SMILES string of the molecule is Oc1cccc(-c2cc3n(n2)CCc2ccccc2-3)c1. The molecule has 1 N–H and O–H groups in total. The average Bonchev–Trinajstić information content (AvgIpc) is 2.92. The molecule has 0 spiro atoms. The number of aromatic nitrogens is 2. The average molecular weight is 262 g/mol. The summed E-state index contributed by atoms with van der Waals surface area (Å²) in [6.45, 7) is 0.908. The highest BCUT2D eigenvalue weighted by Crippen LogP contribution is 2.32. The Morgan fingerprint density at radius 1 is 1.00 bits per heavy atom. The Labute approximate surface area is 117 Å². The molecule has 0 aliphatic carbocycles. The molecule has 0 atom stereocenters. The third kappa shape index (κ3) is 1.71. The highest BCUT2D eigenvalue weighted by molar-refractivity contribution is 5.72. The van der Waals surface area contributed by atoms with Crippen LogP contribution < -0.4 is 0 Å². The van der Waals surface area contributed by atoms with Gasteiger partial charge < -0.3 is 5.11 Å². The van der Waals surface area contributed by atoms with E-state index in [-0.39, 0.29) is 5.75 Å². The van der Waals surface area contributed by atoms with E-state index in [9.17, 15) is 5.11 Å². The van der Waals surface area contributed by atoms with E-state index in [1.165, 1.54) is 11.1 Å². The van der Waals surface area contributed by atoms with E-state index in [0.717, 1.165) is 29.9 Å². The Morgan fingerprint density at radius 2 is 1.90 bits per heavy atom. The Balaban J connectivity index is 1.86. The molecule has 3 heteroatoms. The third-order valence-corrected chi connectivity index (χ3v) is 3.81. The third-order valence-electron chi connectivity index (χ3n) is 3.81. The molecule has 3 aromatic rings. The van der Waals surface area contributed by atoms with Gasteiger partial charge in [-0.1, -0.05) is 36.4 Å². The molecule has 3 nitrogen and oxygen atoms in total. The second-order valence-corrected chi connectivity index (χ2v) is 5.10. The fraction of sp³-hybridized carbons (Fsp3) is 0.118. The van der Waals surface area contributed by atoms with E-state index in [1.54, 1.807) is 12.1 Å². The number of rotatable bonds is 1. The van der Waals surface area contributed by atoms with E-state index in [2.05, 4.69) is 40.1 Å². The Morgan fingerprint density at radius 3 is 2.80 bits per heavy atom. The molecule has 0 unspecified atom stereocenters. The van der Waals surface area contributed by atoms with Gasteiger partial charge in [0.25, 0.3) is 0 Å². The van der Waals surface area contributed by atoms with Crippen molar-refractivity contribution in [3.8, 4) is 28.3 Å². The van der Waals surface area contributed by atoms with Gasteiger partial charge in [0.15, 0.2) is 0 Å². The fourth-order valence-corrected chi connectivity index (χ4v) is 2.82. The highest BCUT2D eigenvalue weighted by Gasteiger charge is 2.18. The van der Waals surface area contributed by atoms with E-state index >= 15 is 0 Å². The number of nitrogens with zero attached hydrogens (tertiary/aromatic N) is 2. The molecule has 4 rings (SSSR count). The molecule has 98 valence electrons. The van der Waals surface area contributed by atoms with E-state index < -0.39 is 0 Å². The molecule has 0 saturated heterocycles. The number of phenolic OH excluding ortho intramolecular Hbond substituents is 1. The van der Waals surface area contributed by atoms with Crippen LogP contribution in [0.25, 0.3) is 22.5 Å². The second kappa shape index (κ2) is 4.23. The van der Waals surface area contributed by atoms with Gasteiger partial charge in [0.1, 0.15) is 5.75 Å². The van der Waals surface area contributed by atoms with Gasteiger partial charge in [0.05, 0.1) is 11.4 Å². The zero-order valence-corrected chi connectivity index (χ0v) is 11.0. The monoisotopic (exact) mass is 262 g/mol. The van der Waals surface area contributed by atoms with E-state index in [4.69, 9.17) is 0 Å². The molecule has 20 heavy (non-hydrogen) atoms. The molecule has 0 bridgehead atoms. The maximum Gasteiger partial charge on any atom is 0.116 e. The summed E-state index contributed by atoms with van der Waals surface area (Å²) < 4.78 is 2.06. The predicted molar refractivity (Wildman–Crippen MR) is 78.5 cm³/mol. The first kappa shape index (κ1) is 11.3. The fourth-order valence-electron chi connectivity index (χ4n) is 2.82. The molecule has 0 radical (unpaired) electrons. The summed E-state index contributed by atoms with van der Waals surface area (Å²) >= 11 is 0. The maximum atomic E-state index is 9.60. The lowest BCUT2D eigenvalue weighted by Crippen LogP contribution is -2.11. The van der Waals surface area contributed by atoms with Crippen LogP contribution in [-0.2, 0) is 13.0 Å². The topological polar surface area (TPSA) is 38.0 Å². The van der Waals surface area contributed by atoms with Crippen LogP contribution in [0.15, 0.2) is 54.6 Å². The standard InChI is InChI=1S/C17H14N2O/c20-14-6-3-5-13(10-14)16-11-17-15-7-2-1-4-12(15)8-9-19(17)18-16/h1-7,10-11,20H,8-9H2. The van der Waals surface area contributed by atoms with Crippen LogP contribution in [0.3, 0.4) is 0 Å². The van der Waals surface area contributed by atoms with Crippen molar-refractivity contribution in [2.45, 2.75) is 13.0 Å². The van der Waals surface area contributed by atoms with Crippen LogP contribution in [0.4, 0.5) is 0 Å². The minimum atomic E-state index is 0.272. The summed E-state index contributed by atoms with van der Waals surface area (Å²) in [6, 6.07) is 17.8. The Hall–Kier alpha value is -2.55. The number of fused-ring (bicyclic) bond motifs is 3. The van der Waals surface area contributed by atoms with Gasteiger partial charge >= 0.3 is 0 Å². The van der Waals surface area contributed by atoms with Gasteiger partial charge in [-0.05, 0) is 30.2 Å². The minimum Gasteiger partial charge on any atom is -0.508 e. The minimum absolute atomic E-state index is 0.272. The first-order valence-electron chi connectivity index (χ1n) is 6.77. The summed E-state index contributed by atoms with van der Waals surface area (Å²) in [6.07, 6.45) is 1.02. The molecule has 2 aromatic carbocycles. The molecule has 1 aliphatic rings. The summed E-state index contributed by atoms with van der Waals surface area (Å²) in [5, 5.41) is 14.3. The van der Waals surface area contributed by atoms with E-state index in [0.29, 0.717) is 0 Å². The van der Waals surface area contributed by atoms with Crippen molar-refractivity contribution in [1.82, 2.24) is 9.78 Å². The number of aryl methyl sites for hydroxylation is 2. The zero-order chi connectivity index (χ0) is 13.5. The van der Waals surface area contributed by atoms with Crippen molar-refractivity contribution in [2.24, 2.45) is 0 Å². The number of hydrogen-bond acceptors (Lipinski definition) is 2. The van der Waals surface area contributed by atoms with Gasteiger partial charge in [-0.25, -0.2) is 0 Å². The number of hydrogen-bond donors (Lipinski definition) is 1. The summed E-state index contributed by atoms with van der Waals surface area (Å²) in [7, 11) is 0. The first-order chi connectivity index (χ1) is 9.81. The van der Waals surface area contributed by atoms with Gasteiger partial charge in [-0.3, -0.25) is 4.68 Å². The lowest BCUT2D eigenvalue weighted by molar-refractivity contribution is 0.475. The quantitative estimate of drug-likeness (QED) is 0.729. The van der Waals surface area contributed by atoms with Crippen LogP contribution in [0, 0.1) is 0 Å². The molecule has 0 saturated carbocycles. The first-order valence-corrected chi connectivity index (χ1v) is 6.77. The molecule has 1 aromatic heterocycles. The second-order valence-electron chi connectivity index (χ2n) is 5.10. The van der Waals surface area contributed by atoms with Crippen molar-refractivity contribution < 1.29 is 5.11 Å². The summed E-state index contributed by atoms with van der Waals surface area (Å²) in [5.41, 5.74) is 5.65. The number of phenols is 1. The molecule has 0 amide bonds. The molecular formula is C17H14N2O. The van der Waals surface area contributed by atoms with Crippen LogP contribution in [0.2, 0.25) is 0 Å². The van der Waals surface area contributed by atoms with Gasteiger partial charge in [-0.2, -0.15) is 5.10 Å². The predicted octanol–water partition coefficient (Wildman–Crippen LogP) is 3.48. The summed E-state index contributed by atoms with van der Waals surface area (Å²) in [4.78, 5) is 0. The number of aromatic hydroxyl groups is 1. The highest BCUT2D eigenvalue weighted by atomic mass is 16.3. The van der Waals surface area contributed by atoms with Crippen LogP contribution in [0.1, 0.15) is 5.56 Å². The van der Waals surface area contributed by atoms with E-state index in [1.807, 2.05) is 12.1 Å². The zero-order valence-electron chi connectivity index (χ0n) is 11.0. The van der Waals surface area contributed by atoms with Crippen molar-refractivity contribution in [2.75, 3.05) is 0 Å². The number of benzene rings is 2. The maximum absolute atomic E-state index is 9.60. The normalized spacial score (nSPS) is 12.8. The molecule has 2 heterocycles. The summed E-state index contributed by atoms with van der Waals surface area (Å²) in [5.74, 6) is 0.272. The molecule has 0 fully saturated rings. The van der Waals surface area contributed by atoms with Gasteiger partial charge in [0.2, 0.25) is 0 Å². The van der Waals surface area contributed by atoms with Crippen molar-refractivity contribution in [1.29, 1.82) is 0 Å². The van der Waals surface area contributed by atoms with Crippen LogP contribution in [0.5, 0.6) is 5.75 Å². The van der Waals surface area contributed by atoms with Crippen LogP contribution >= 0.6 is 0 Å². The van der Waals surface area contributed by atoms with Crippen molar-refractivity contribution >= 4 is 0 Å².